The average molecular weight is 700 g/mol. The first-order chi connectivity index (χ1) is 21.1. The molecule has 242 valence electrons. The lowest BCUT2D eigenvalue weighted by Crippen LogP contribution is -2.51. The summed E-state index contributed by atoms with van der Waals surface area (Å²) in [5.41, 5.74) is 0.189. The van der Waals surface area contributed by atoms with Crippen molar-refractivity contribution in [2.75, 3.05) is 24.5 Å². The predicted molar refractivity (Wildman–Crippen MR) is 175 cm³/mol. The molecule has 0 aliphatic heterocycles. The Kier molecular flexibility index (Phi) is 12.1. The van der Waals surface area contributed by atoms with Crippen molar-refractivity contribution in [2.24, 2.45) is 5.92 Å². The highest BCUT2D eigenvalue weighted by molar-refractivity contribution is 7.92. The van der Waals surface area contributed by atoms with Crippen LogP contribution >= 0.6 is 34.8 Å². The molecular formula is C30H33Cl3N4O7S. The van der Waals surface area contributed by atoms with E-state index in [9.17, 15) is 28.1 Å². The van der Waals surface area contributed by atoms with Gasteiger partial charge in [0.05, 0.1) is 22.6 Å². The van der Waals surface area contributed by atoms with Gasteiger partial charge in [-0.1, -0.05) is 60.8 Å². The van der Waals surface area contributed by atoms with Crippen molar-refractivity contribution in [1.29, 1.82) is 0 Å². The molecule has 0 aliphatic rings. The summed E-state index contributed by atoms with van der Waals surface area (Å²) in [6, 6.07) is 11.2. The summed E-state index contributed by atoms with van der Waals surface area (Å²) in [6.07, 6.45) is 0. The molecule has 2 amide bonds. The Morgan fingerprint density at radius 3 is 2.24 bits per heavy atom. The lowest BCUT2D eigenvalue weighted by atomic mass is 10.1. The van der Waals surface area contributed by atoms with E-state index in [2.05, 4.69) is 5.32 Å². The summed E-state index contributed by atoms with van der Waals surface area (Å²) < 4.78 is 34.6. The van der Waals surface area contributed by atoms with Crippen LogP contribution in [0.25, 0.3) is 0 Å². The second-order valence-corrected chi connectivity index (χ2v) is 13.7. The predicted octanol–water partition coefficient (Wildman–Crippen LogP) is 6.26. The Hall–Kier alpha value is -3.58. The normalized spacial score (nSPS) is 12.0. The van der Waals surface area contributed by atoms with Crippen LogP contribution in [0.15, 0.2) is 59.5 Å². The van der Waals surface area contributed by atoms with Gasteiger partial charge < -0.3 is 15.0 Å². The van der Waals surface area contributed by atoms with Crippen LogP contribution in [-0.2, 0) is 26.2 Å². The number of nitrogens with zero attached hydrogens (tertiary/aromatic N) is 3. The fourth-order valence-corrected chi connectivity index (χ4v) is 6.39. The van der Waals surface area contributed by atoms with Crippen molar-refractivity contribution in [2.45, 2.75) is 45.2 Å². The first-order valence-corrected chi connectivity index (χ1v) is 16.3. The van der Waals surface area contributed by atoms with Gasteiger partial charge in [-0.2, -0.15) is 0 Å². The van der Waals surface area contributed by atoms with Crippen molar-refractivity contribution in [3.63, 3.8) is 0 Å². The van der Waals surface area contributed by atoms with Crippen molar-refractivity contribution in [3.8, 4) is 5.75 Å². The molecule has 0 saturated carbocycles. The molecule has 15 heteroatoms. The third-order valence-corrected chi connectivity index (χ3v) is 9.44. The highest BCUT2D eigenvalue weighted by atomic mass is 35.5. The number of sulfonamides is 1. The first-order valence-electron chi connectivity index (χ1n) is 13.7. The van der Waals surface area contributed by atoms with Gasteiger partial charge in [-0.3, -0.25) is 24.0 Å². The van der Waals surface area contributed by atoms with E-state index in [-0.39, 0.29) is 39.5 Å². The molecule has 3 rings (SSSR count). The quantitative estimate of drug-likeness (QED) is 0.164. The lowest BCUT2D eigenvalue weighted by molar-refractivity contribution is -0.385. The third kappa shape index (κ3) is 8.78. The number of nitro benzene ring substituents is 1. The van der Waals surface area contributed by atoms with E-state index in [1.54, 1.807) is 12.1 Å². The number of carbonyl (C=O) groups excluding carboxylic acids is 2. The molecular weight excluding hydrogens is 667 g/mol. The molecule has 45 heavy (non-hydrogen) atoms. The van der Waals surface area contributed by atoms with Gasteiger partial charge in [0.25, 0.3) is 15.7 Å². The van der Waals surface area contributed by atoms with E-state index >= 15 is 0 Å². The minimum absolute atomic E-state index is 0.0624. The molecule has 1 atom stereocenters. The zero-order valence-electron chi connectivity index (χ0n) is 25.2. The summed E-state index contributed by atoms with van der Waals surface area (Å²) in [5.74, 6) is -1.05. The minimum atomic E-state index is -4.66. The Balaban J connectivity index is 2.17. The average Bonchev–Trinajstić information content (AvgIpc) is 2.97. The van der Waals surface area contributed by atoms with Gasteiger partial charge in [-0.05, 0) is 61.7 Å². The number of nitro groups is 1. The van der Waals surface area contributed by atoms with Gasteiger partial charge in [0.2, 0.25) is 11.8 Å². The number of benzene rings is 3. The molecule has 0 saturated heterocycles. The highest BCUT2D eigenvalue weighted by Crippen LogP contribution is 2.36. The molecule has 11 nitrogen and oxygen atoms in total. The number of aryl methyl sites for hydroxylation is 1. The van der Waals surface area contributed by atoms with Crippen LogP contribution in [0.4, 0.5) is 11.4 Å². The monoisotopic (exact) mass is 698 g/mol. The summed E-state index contributed by atoms with van der Waals surface area (Å²) in [7, 11) is -3.35. The molecule has 1 unspecified atom stereocenters. The molecule has 0 aliphatic carbocycles. The fourth-order valence-electron chi connectivity index (χ4n) is 4.31. The van der Waals surface area contributed by atoms with Crippen molar-refractivity contribution >= 4 is 68.0 Å². The number of amides is 2. The van der Waals surface area contributed by atoms with Crippen LogP contribution in [0.1, 0.15) is 31.9 Å². The second-order valence-electron chi connectivity index (χ2n) is 10.6. The number of anilines is 1. The molecule has 0 spiro atoms. The number of hydrogen-bond donors (Lipinski definition) is 1. The van der Waals surface area contributed by atoms with Gasteiger partial charge in [-0.15, -0.1) is 0 Å². The maximum atomic E-state index is 14.2. The Labute approximate surface area is 277 Å². The topological polar surface area (TPSA) is 139 Å². The third-order valence-electron chi connectivity index (χ3n) is 6.86. The van der Waals surface area contributed by atoms with Crippen LogP contribution in [-0.4, -0.2) is 56.3 Å². The Bertz CT molecular complexity index is 1700. The van der Waals surface area contributed by atoms with Crippen LogP contribution in [0.5, 0.6) is 5.75 Å². The maximum Gasteiger partial charge on any atom is 0.273 e. The van der Waals surface area contributed by atoms with Crippen LogP contribution in [0.2, 0.25) is 15.1 Å². The number of carbonyl (C=O) groups is 2. The summed E-state index contributed by atoms with van der Waals surface area (Å²) in [6.45, 7) is 6.17. The van der Waals surface area contributed by atoms with Gasteiger partial charge in [0.15, 0.2) is 0 Å². The second kappa shape index (κ2) is 15.1. The first kappa shape index (κ1) is 35.9. The fraction of sp³-hybridized carbons (Fsp3) is 0.333. The van der Waals surface area contributed by atoms with E-state index in [1.807, 2.05) is 13.8 Å². The van der Waals surface area contributed by atoms with Gasteiger partial charge in [-0.25, -0.2) is 8.42 Å². The summed E-state index contributed by atoms with van der Waals surface area (Å²) in [4.78, 5) is 39.1. The van der Waals surface area contributed by atoms with E-state index in [0.717, 1.165) is 10.4 Å². The SMILES string of the molecule is COc1ccc(Cl)cc1N(CC(=O)N(Cc1ccc(Cl)cc1Cl)C(C)C(=O)NCC(C)C)S(=O)(=O)c1ccc(C)c([N+](=O)[O-])c1. The largest absolute Gasteiger partial charge is 0.495 e. The minimum Gasteiger partial charge on any atom is -0.495 e. The van der Waals surface area contributed by atoms with E-state index in [0.29, 0.717) is 17.1 Å². The Morgan fingerprint density at radius 1 is 1.00 bits per heavy atom. The number of rotatable bonds is 13. The molecule has 3 aromatic carbocycles. The molecule has 0 fully saturated rings. The summed E-state index contributed by atoms with van der Waals surface area (Å²) in [5, 5.41) is 15.2. The number of ether oxygens (including phenoxy) is 1. The van der Waals surface area contributed by atoms with Crippen LogP contribution in [0, 0.1) is 23.0 Å². The molecule has 0 radical (unpaired) electrons. The van der Waals surface area contributed by atoms with Crippen molar-refractivity contribution < 1.29 is 27.7 Å². The molecule has 1 N–H and O–H groups in total. The van der Waals surface area contributed by atoms with Gasteiger partial charge in [0, 0.05) is 39.8 Å². The Morgan fingerprint density at radius 2 is 1.64 bits per heavy atom. The van der Waals surface area contributed by atoms with Crippen LogP contribution < -0.4 is 14.4 Å². The molecule has 0 heterocycles. The number of halogens is 3. The van der Waals surface area contributed by atoms with E-state index < -0.39 is 49.9 Å². The van der Waals surface area contributed by atoms with Crippen molar-refractivity contribution in [1.82, 2.24) is 10.2 Å². The lowest BCUT2D eigenvalue weighted by Gasteiger charge is -2.32. The highest BCUT2D eigenvalue weighted by Gasteiger charge is 2.35. The maximum absolute atomic E-state index is 14.2. The smallest absolute Gasteiger partial charge is 0.273 e. The van der Waals surface area contributed by atoms with Gasteiger partial charge >= 0.3 is 0 Å². The van der Waals surface area contributed by atoms with Crippen molar-refractivity contribution in [3.05, 3.63) is 90.9 Å². The standard InChI is InChI=1S/C30H33Cl3N4O7S/c1-18(2)15-34-30(39)20(4)35(16-21-7-8-22(31)12-25(21)33)29(38)17-36(27-13-23(32)9-11-28(27)44-5)45(42,43)24-10-6-19(3)26(14-24)37(40)41/h6-14,18,20H,15-17H2,1-5H3,(H,34,39). The number of methoxy groups -OCH3 is 1. The number of hydrogen-bond acceptors (Lipinski definition) is 7. The molecule has 0 bridgehead atoms. The van der Waals surface area contributed by atoms with Crippen LogP contribution in [0.3, 0.4) is 0 Å². The molecule has 3 aromatic rings. The zero-order chi connectivity index (χ0) is 33.6. The zero-order valence-corrected chi connectivity index (χ0v) is 28.3. The summed E-state index contributed by atoms with van der Waals surface area (Å²) >= 11 is 18.7. The van der Waals surface area contributed by atoms with E-state index in [1.165, 1.54) is 62.3 Å². The van der Waals surface area contributed by atoms with Gasteiger partial charge in [0.1, 0.15) is 18.3 Å². The number of nitrogens with one attached hydrogen (secondary N) is 1. The van der Waals surface area contributed by atoms with E-state index in [4.69, 9.17) is 39.5 Å². The molecule has 0 aromatic heterocycles.